The third kappa shape index (κ3) is 2.10. The molecule has 0 saturated carbocycles. The summed E-state index contributed by atoms with van der Waals surface area (Å²) in [7, 11) is 0. The molecule has 0 radical (unpaired) electrons. The van der Waals surface area contributed by atoms with Crippen LogP contribution in [0.2, 0.25) is 0 Å². The van der Waals surface area contributed by atoms with Crippen LogP contribution in [0.3, 0.4) is 0 Å². The summed E-state index contributed by atoms with van der Waals surface area (Å²) in [5, 5.41) is 12.1. The average Bonchev–Trinajstić information content (AvgIpc) is 3.26. The Bertz CT molecular complexity index is 900. The summed E-state index contributed by atoms with van der Waals surface area (Å²) in [6, 6.07) is 6.30. The standard InChI is InChI=1S/C15H13N5S2/c1-9-6-11(10(2)20(9)15-16-8-17-19-15)12-7-22-14(18-12)13-4-3-5-21-13/h3-8H,1-2H3,(H,16,17,19). The Hall–Kier alpha value is -2.25. The number of H-pyrrole nitrogens is 1. The van der Waals surface area contributed by atoms with E-state index in [1.165, 1.54) is 11.2 Å². The molecule has 110 valence electrons. The van der Waals surface area contributed by atoms with Crippen LogP contribution in [0.4, 0.5) is 0 Å². The van der Waals surface area contributed by atoms with E-state index in [1.54, 1.807) is 22.7 Å². The number of nitrogens with zero attached hydrogens (tertiary/aromatic N) is 4. The largest absolute Gasteiger partial charge is 0.287 e. The summed E-state index contributed by atoms with van der Waals surface area (Å²) in [5.41, 5.74) is 4.35. The third-order valence-electron chi connectivity index (χ3n) is 3.56. The lowest BCUT2D eigenvalue weighted by molar-refractivity contribution is 0.879. The van der Waals surface area contributed by atoms with Gasteiger partial charge in [-0.25, -0.2) is 10.1 Å². The molecule has 4 heterocycles. The first kappa shape index (κ1) is 13.4. The molecule has 0 atom stereocenters. The average molecular weight is 327 g/mol. The van der Waals surface area contributed by atoms with Crippen LogP contribution in [0, 0.1) is 13.8 Å². The Balaban J connectivity index is 1.80. The van der Waals surface area contributed by atoms with E-state index in [0.717, 1.165) is 33.6 Å². The van der Waals surface area contributed by atoms with Gasteiger partial charge in [-0.3, -0.25) is 4.57 Å². The molecule has 22 heavy (non-hydrogen) atoms. The monoisotopic (exact) mass is 327 g/mol. The molecule has 0 aliphatic heterocycles. The SMILES string of the molecule is Cc1cc(-c2csc(-c3cccs3)n2)c(C)n1-c1ncn[nH]1. The van der Waals surface area contributed by atoms with E-state index in [4.69, 9.17) is 4.98 Å². The van der Waals surface area contributed by atoms with E-state index in [-0.39, 0.29) is 0 Å². The van der Waals surface area contributed by atoms with Gasteiger partial charge in [-0.05, 0) is 31.4 Å². The van der Waals surface area contributed by atoms with Crippen LogP contribution in [0.5, 0.6) is 0 Å². The van der Waals surface area contributed by atoms with Gasteiger partial charge in [0.1, 0.15) is 11.3 Å². The van der Waals surface area contributed by atoms with Gasteiger partial charge in [-0.15, -0.1) is 22.7 Å². The fraction of sp³-hybridized carbons (Fsp3) is 0.133. The van der Waals surface area contributed by atoms with E-state index in [0.29, 0.717) is 0 Å². The molecule has 0 amide bonds. The number of aromatic nitrogens is 5. The molecule has 0 unspecified atom stereocenters. The predicted octanol–water partition coefficient (Wildman–Crippen LogP) is 4.06. The molecule has 0 aliphatic rings. The van der Waals surface area contributed by atoms with Gasteiger partial charge in [0, 0.05) is 22.3 Å². The van der Waals surface area contributed by atoms with Crippen molar-refractivity contribution in [1.29, 1.82) is 0 Å². The van der Waals surface area contributed by atoms with Crippen LogP contribution in [-0.4, -0.2) is 24.7 Å². The summed E-state index contributed by atoms with van der Waals surface area (Å²) >= 11 is 3.39. The van der Waals surface area contributed by atoms with Crippen molar-refractivity contribution in [3.63, 3.8) is 0 Å². The number of aryl methyl sites for hydroxylation is 1. The van der Waals surface area contributed by atoms with Crippen LogP contribution in [-0.2, 0) is 0 Å². The molecule has 4 aromatic rings. The smallest absolute Gasteiger partial charge is 0.229 e. The van der Waals surface area contributed by atoms with Crippen LogP contribution in [0.15, 0.2) is 35.3 Å². The first-order chi connectivity index (χ1) is 10.7. The van der Waals surface area contributed by atoms with Crippen molar-refractivity contribution in [2.45, 2.75) is 13.8 Å². The fourth-order valence-electron chi connectivity index (χ4n) is 2.57. The second kappa shape index (κ2) is 5.19. The number of thiophene rings is 1. The second-order valence-corrected chi connectivity index (χ2v) is 6.75. The zero-order chi connectivity index (χ0) is 15.1. The van der Waals surface area contributed by atoms with Crippen molar-refractivity contribution in [3.05, 3.63) is 46.7 Å². The molecule has 4 rings (SSSR count). The van der Waals surface area contributed by atoms with Crippen molar-refractivity contribution in [2.24, 2.45) is 0 Å². The minimum Gasteiger partial charge on any atom is -0.287 e. The lowest BCUT2D eigenvalue weighted by atomic mass is 10.2. The molecule has 0 fully saturated rings. The van der Waals surface area contributed by atoms with Gasteiger partial charge < -0.3 is 0 Å². The molecular weight excluding hydrogens is 314 g/mol. The lowest BCUT2D eigenvalue weighted by Crippen LogP contribution is -2.01. The van der Waals surface area contributed by atoms with Crippen molar-refractivity contribution >= 4 is 22.7 Å². The maximum Gasteiger partial charge on any atom is 0.229 e. The van der Waals surface area contributed by atoms with Crippen molar-refractivity contribution in [2.75, 3.05) is 0 Å². The minimum atomic E-state index is 0.731. The summed E-state index contributed by atoms with van der Waals surface area (Å²) in [4.78, 5) is 10.2. The van der Waals surface area contributed by atoms with Crippen molar-refractivity contribution in [1.82, 2.24) is 24.7 Å². The highest BCUT2D eigenvalue weighted by Gasteiger charge is 2.16. The molecule has 5 nitrogen and oxygen atoms in total. The van der Waals surface area contributed by atoms with Gasteiger partial charge in [0.15, 0.2) is 0 Å². The summed E-state index contributed by atoms with van der Waals surface area (Å²) in [6.07, 6.45) is 1.52. The molecule has 1 N–H and O–H groups in total. The van der Waals surface area contributed by atoms with Crippen molar-refractivity contribution < 1.29 is 0 Å². The van der Waals surface area contributed by atoms with Crippen molar-refractivity contribution in [3.8, 4) is 27.1 Å². The Morgan fingerprint density at radius 3 is 2.86 bits per heavy atom. The number of rotatable bonds is 3. The molecule has 7 heteroatoms. The first-order valence-corrected chi connectivity index (χ1v) is 8.54. The fourth-order valence-corrected chi connectivity index (χ4v) is 4.20. The Morgan fingerprint density at radius 2 is 2.14 bits per heavy atom. The van der Waals surface area contributed by atoms with E-state index in [1.807, 2.05) is 0 Å². The third-order valence-corrected chi connectivity index (χ3v) is 5.44. The van der Waals surface area contributed by atoms with E-state index in [9.17, 15) is 0 Å². The van der Waals surface area contributed by atoms with Crippen LogP contribution in [0.25, 0.3) is 27.1 Å². The second-order valence-electron chi connectivity index (χ2n) is 4.94. The highest BCUT2D eigenvalue weighted by molar-refractivity contribution is 7.20. The van der Waals surface area contributed by atoms with Gasteiger partial charge in [0.05, 0.1) is 10.6 Å². The topological polar surface area (TPSA) is 59.4 Å². The number of hydrogen-bond donors (Lipinski definition) is 1. The number of nitrogens with one attached hydrogen (secondary N) is 1. The highest BCUT2D eigenvalue weighted by Crippen LogP contribution is 2.34. The summed E-state index contributed by atoms with van der Waals surface area (Å²) in [5.74, 6) is 0.731. The Morgan fingerprint density at radius 1 is 1.23 bits per heavy atom. The van der Waals surface area contributed by atoms with Gasteiger partial charge in [-0.2, -0.15) is 10.1 Å². The van der Waals surface area contributed by atoms with E-state index >= 15 is 0 Å². The number of thiazole rings is 1. The van der Waals surface area contributed by atoms with Gasteiger partial charge in [0.2, 0.25) is 5.95 Å². The Kier molecular flexibility index (Phi) is 3.16. The number of hydrogen-bond acceptors (Lipinski definition) is 5. The molecule has 0 spiro atoms. The molecular formula is C15H13N5S2. The van der Waals surface area contributed by atoms with E-state index in [2.05, 4.69) is 62.6 Å². The van der Waals surface area contributed by atoms with Gasteiger partial charge >= 0.3 is 0 Å². The summed E-state index contributed by atoms with van der Waals surface area (Å²) < 4.78 is 2.06. The zero-order valence-electron chi connectivity index (χ0n) is 12.1. The summed E-state index contributed by atoms with van der Waals surface area (Å²) in [6.45, 7) is 4.14. The molecule has 0 bridgehead atoms. The Labute approximate surface area is 135 Å². The zero-order valence-corrected chi connectivity index (χ0v) is 13.7. The quantitative estimate of drug-likeness (QED) is 0.617. The van der Waals surface area contributed by atoms with Crippen LogP contribution in [0.1, 0.15) is 11.4 Å². The normalized spacial score (nSPS) is 11.2. The maximum absolute atomic E-state index is 4.79. The number of aromatic amines is 1. The maximum atomic E-state index is 4.79. The molecule has 0 aromatic carbocycles. The highest BCUT2D eigenvalue weighted by atomic mass is 32.1. The molecule has 0 aliphatic carbocycles. The van der Waals surface area contributed by atoms with E-state index < -0.39 is 0 Å². The molecule has 4 aromatic heterocycles. The lowest BCUT2D eigenvalue weighted by Gasteiger charge is -2.04. The van der Waals surface area contributed by atoms with Gasteiger partial charge in [-0.1, -0.05) is 6.07 Å². The van der Waals surface area contributed by atoms with Crippen LogP contribution < -0.4 is 0 Å². The van der Waals surface area contributed by atoms with Crippen LogP contribution >= 0.6 is 22.7 Å². The first-order valence-electron chi connectivity index (χ1n) is 6.78. The predicted molar refractivity (Wildman–Crippen MR) is 89.6 cm³/mol. The minimum absolute atomic E-state index is 0.731. The van der Waals surface area contributed by atoms with Gasteiger partial charge in [0.25, 0.3) is 0 Å². The molecule has 0 saturated heterocycles.